The molecule has 0 aliphatic rings. The third-order valence-corrected chi connectivity index (χ3v) is 3.52. The van der Waals surface area contributed by atoms with Crippen molar-refractivity contribution in [3.8, 4) is 0 Å². The van der Waals surface area contributed by atoms with Crippen molar-refractivity contribution in [1.82, 2.24) is 20.1 Å². The van der Waals surface area contributed by atoms with E-state index in [9.17, 15) is 13.2 Å². The molecule has 0 aromatic carbocycles. The molecule has 0 aliphatic heterocycles. The quantitative estimate of drug-likeness (QED) is 0.940. The van der Waals surface area contributed by atoms with Crippen LogP contribution in [0.15, 0.2) is 17.6 Å². The standard InChI is InChI=1S/C13H17F3N4S/c1-12(2,3)17-6-11-18-9(8-21-11)7-20-5-4-10(19-20)13(14,15)16/h4-5,8,17H,6-7H2,1-3H3. The van der Waals surface area contributed by atoms with E-state index in [1.54, 1.807) is 0 Å². The first-order chi connectivity index (χ1) is 9.63. The van der Waals surface area contributed by atoms with Gasteiger partial charge in [0.2, 0.25) is 0 Å². The molecule has 0 atom stereocenters. The van der Waals surface area contributed by atoms with Crippen LogP contribution in [0.1, 0.15) is 37.2 Å². The van der Waals surface area contributed by atoms with Crippen LogP contribution in [-0.2, 0) is 19.3 Å². The number of nitrogens with zero attached hydrogens (tertiary/aromatic N) is 3. The van der Waals surface area contributed by atoms with E-state index in [2.05, 4.69) is 36.2 Å². The average Bonchev–Trinajstić information content (AvgIpc) is 2.94. The highest BCUT2D eigenvalue weighted by atomic mass is 32.1. The maximum Gasteiger partial charge on any atom is 0.435 e. The minimum Gasteiger partial charge on any atom is -0.306 e. The molecule has 2 aromatic rings. The Balaban J connectivity index is 1.98. The number of thiazole rings is 1. The van der Waals surface area contributed by atoms with Gasteiger partial charge in [0.1, 0.15) is 5.01 Å². The fourth-order valence-corrected chi connectivity index (χ4v) is 2.34. The van der Waals surface area contributed by atoms with Crippen molar-refractivity contribution < 1.29 is 13.2 Å². The van der Waals surface area contributed by atoms with Gasteiger partial charge in [-0.1, -0.05) is 0 Å². The molecular weight excluding hydrogens is 301 g/mol. The zero-order valence-electron chi connectivity index (χ0n) is 12.0. The van der Waals surface area contributed by atoms with Crippen molar-refractivity contribution in [3.63, 3.8) is 0 Å². The summed E-state index contributed by atoms with van der Waals surface area (Å²) < 4.78 is 38.6. The van der Waals surface area contributed by atoms with Crippen molar-refractivity contribution in [2.24, 2.45) is 0 Å². The Morgan fingerprint density at radius 3 is 2.57 bits per heavy atom. The SMILES string of the molecule is CC(C)(C)NCc1nc(Cn2ccc(C(F)(F)F)n2)cs1. The van der Waals surface area contributed by atoms with Crippen LogP contribution >= 0.6 is 11.3 Å². The number of aromatic nitrogens is 3. The molecule has 0 saturated carbocycles. The summed E-state index contributed by atoms with van der Waals surface area (Å²) in [7, 11) is 0. The molecule has 21 heavy (non-hydrogen) atoms. The fourth-order valence-electron chi connectivity index (χ4n) is 1.61. The third-order valence-electron chi connectivity index (χ3n) is 2.62. The number of hydrogen-bond donors (Lipinski definition) is 1. The van der Waals surface area contributed by atoms with Crippen LogP contribution in [0.5, 0.6) is 0 Å². The van der Waals surface area contributed by atoms with Gasteiger partial charge < -0.3 is 5.32 Å². The van der Waals surface area contributed by atoms with E-state index in [-0.39, 0.29) is 12.1 Å². The van der Waals surface area contributed by atoms with Crippen LogP contribution in [0.25, 0.3) is 0 Å². The summed E-state index contributed by atoms with van der Waals surface area (Å²) in [5.41, 5.74) is -0.176. The van der Waals surface area contributed by atoms with Crippen LogP contribution in [0.2, 0.25) is 0 Å². The summed E-state index contributed by atoms with van der Waals surface area (Å²) in [6.45, 7) is 7.06. The summed E-state index contributed by atoms with van der Waals surface area (Å²) in [4.78, 5) is 4.39. The van der Waals surface area contributed by atoms with Gasteiger partial charge in [-0.25, -0.2) is 4.98 Å². The first-order valence-corrected chi connectivity index (χ1v) is 7.30. The van der Waals surface area contributed by atoms with Crippen LogP contribution in [0.3, 0.4) is 0 Å². The Bertz CT molecular complexity index is 595. The topological polar surface area (TPSA) is 42.7 Å². The molecule has 0 unspecified atom stereocenters. The number of alkyl halides is 3. The Morgan fingerprint density at radius 1 is 1.29 bits per heavy atom. The highest BCUT2D eigenvalue weighted by molar-refractivity contribution is 7.09. The number of hydrogen-bond acceptors (Lipinski definition) is 4. The Hall–Kier alpha value is -1.41. The second-order valence-corrected chi connectivity index (χ2v) is 6.68. The summed E-state index contributed by atoms with van der Waals surface area (Å²) >= 11 is 1.48. The summed E-state index contributed by atoms with van der Waals surface area (Å²) in [6, 6.07) is 0.967. The molecule has 0 bridgehead atoms. The molecule has 0 aliphatic carbocycles. The molecule has 2 aromatic heterocycles. The van der Waals surface area contributed by atoms with E-state index in [1.807, 2.05) is 5.38 Å². The van der Waals surface area contributed by atoms with Gasteiger partial charge in [-0.2, -0.15) is 18.3 Å². The summed E-state index contributed by atoms with van der Waals surface area (Å²) in [5, 5.41) is 9.58. The van der Waals surface area contributed by atoms with Gasteiger partial charge in [0, 0.05) is 23.7 Å². The zero-order valence-corrected chi connectivity index (χ0v) is 12.8. The third kappa shape index (κ3) is 4.82. The Morgan fingerprint density at radius 2 is 2.00 bits per heavy atom. The number of halogens is 3. The summed E-state index contributed by atoms with van der Waals surface area (Å²) in [6.07, 6.45) is -3.09. The lowest BCUT2D eigenvalue weighted by molar-refractivity contribution is -0.141. The van der Waals surface area contributed by atoms with Crippen LogP contribution in [-0.4, -0.2) is 20.3 Å². The molecule has 4 nitrogen and oxygen atoms in total. The van der Waals surface area contributed by atoms with Gasteiger partial charge in [0.25, 0.3) is 0 Å². The second-order valence-electron chi connectivity index (χ2n) is 5.73. The van der Waals surface area contributed by atoms with Crippen molar-refractivity contribution in [3.05, 3.63) is 34.0 Å². The monoisotopic (exact) mass is 318 g/mol. The molecule has 0 fully saturated rings. The highest BCUT2D eigenvalue weighted by Crippen LogP contribution is 2.27. The molecular formula is C13H17F3N4S. The maximum atomic E-state index is 12.5. The maximum absolute atomic E-state index is 12.5. The van der Waals surface area contributed by atoms with Crippen molar-refractivity contribution in [2.45, 2.75) is 45.6 Å². The predicted molar refractivity (Wildman–Crippen MR) is 75.0 cm³/mol. The predicted octanol–water partition coefficient (Wildman–Crippen LogP) is 3.29. The minimum atomic E-state index is -4.41. The second kappa shape index (κ2) is 5.76. The average molecular weight is 318 g/mol. The molecule has 0 saturated heterocycles. The molecule has 0 radical (unpaired) electrons. The van der Waals surface area contributed by atoms with Gasteiger partial charge in [-0.3, -0.25) is 4.68 Å². The molecule has 8 heteroatoms. The van der Waals surface area contributed by atoms with Gasteiger partial charge in [0.15, 0.2) is 5.69 Å². The van der Waals surface area contributed by atoms with Gasteiger partial charge in [-0.05, 0) is 26.8 Å². The van der Waals surface area contributed by atoms with Gasteiger partial charge >= 0.3 is 6.18 Å². The molecule has 2 heterocycles. The van der Waals surface area contributed by atoms with E-state index in [4.69, 9.17) is 0 Å². The lowest BCUT2D eigenvalue weighted by atomic mass is 10.1. The largest absolute Gasteiger partial charge is 0.435 e. The van der Waals surface area contributed by atoms with Crippen LogP contribution in [0.4, 0.5) is 13.2 Å². The molecule has 0 spiro atoms. The van der Waals surface area contributed by atoms with E-state index in [0.29, 0.717) is 12.2 Å². The number of nitrogens with one attached hydrogen (secondary N) is 1. The van der Waals surface area contributed by atoms with Gasteiger partial charge in [0.05, 0.1) is 12.2 Å². The smallest absolute Gasteiger partial charge is 0.306 e. The van der Waals surface area contributed by atoms with Crippen molar-refractivity contribution in [1.29, 1.82) is 0 Å². The number of rotatable bonds is 4. The molecule has 0 amide bonds. The van der Waals surface area contributed by atoms with E-state index in [1.165, 1.54) is 22.2 Å². The Labute approximate surface area is 125 Å². The van der Waals surface area contributed by atoms with E-state index < -0.39 is 11.9 Å². The fraction of sp³-hybridized carbons (Fsp3) is 0.538. The van der Waals surface area contributed by atoms with Gasteiger partial charge in [-0.15, -0.1) is 11.3 Å². The lowest BCUT2D eigenvalue weighted by Crippen LogP contribution is -2.35. The minimum absolute atomic E-state index is 0.00454. The van der Waals surface area contributed by atoms with Crippen molar-refractivity contribution >= 4 is 11.3 Å². The zero-order chi connectivity index (χ0) is 15.7. The van der Waals surface area contributed by atoms with E-state index >= 15 is 0 Å². The highest BCUT2D eigenvalue weighted by Gasteiger charge is 2.33. The first kappa shape index (κ1) is 16.0. The van der Waals surface area contributed by atoms with Crippen molar-refractivity contribution in [2.75, 3.05) is 0 Å². The summed E-state index contributed by atoms with van der Waals surface area (Å²) in [5.74, 6) is 0. The lowest BCUT2D eigenvalue weighted by Gasteiger charge is -2.19. The molecule has 116 valence electrons. The Kier molecular flexibility index (Phi) is 4.38. The molecule has 2 rings (SSSR count). The van der Waals surface area contributed by atoms with E-state index in [0.717, 1.165) is 11.1 Å². The first-order valence-electron chi connectivity index (χ1n) is 6.42. The molecule has 1 N–H and O–H groups in total. The van der Waals surface area contributed by atoms with Crippen LogP contribution < -0.4 is 5.32 Å². The van der Waals surface area contributed by atoms with Crippen LogP contribution in [0, 0.1) is 0 Å². The normalized spacial score (nSPS) is 12.9.